The van der Waals surface area contributed by atoms with Crippen LogP contribution in [-0.4, -0.2) is 41.7 Å². The fraction of sp³-hybridized carbons (Fsp3) is 0.950. The quantitative estimate of drug-likeness (QED) is 0.407. The van der Waals surface area contributed by atoms with Crippen molar-refractivity contribution < 1.29 is 13.7 Å². The molecule has 0 amide bonds. The SMILES string of the molecule is CO/N=C1/C[C@@H](O[Si](C)(C)C(C)(C)C)C[C@H](O[Si](C)(C)C(C)(C)C)C1C. The molecule has 1 saturated carbocycles. The van der Waals surface area contributed by atoms with Gasteiger partial charge in [-0.05, 0) is 42.7 Å². The Morgan fingerprint density at radius 1 is 0.885 bits per heavy atom. The van der Waals surface area contributed by atoms with E-state index in [1.54, 1.807) is 7.11 Å². The average Bonchev–Trinajstić information content (AvgIpc) is 2.40. The summed E-state index contributed by atoms with van der Waals surface area (Å²) in [6, 6.07) is 0. The van der Waals surface area contributed by atoms with Crippen LogP contribution in [0.2, 0.25) is 36.3 Å². The van der Waals surface area contributed by atoms with Crippen molar-refractivity contribution in [3.63, 3.8) is 0 Å². The molecule has 0 aliphatic heterocycles. The first kappa shape index (κ1) is 23.9. The highest BCUT2D eigenvalue weighted by Gasteiger charge is 2.46. The largest absolute Gasteiger partial charge is 0.413 e. The maximum atomic E-state index is 6.80. The summed E-state index contributed by atoms with van der Waals surface area (Å²) >= 11 is 0. The summed E-state index contributed by atoms with van der Waals surface area (Å²) in [5, 5.41) is 4.73. The van der Waals surface area contributed by atoms with Crippen LogP contribution in [0.4, 0.5) is 0 Å². The van der Waals surface area contributed by atoms with Gasteiger partial charge in [-0.15, -0.1) is 0 Å². The number of hydrogen-bond acceptors (Lipinski definition) is 4. The van der Waals surface area contributed by atoms with Gasteiger partial charge in [0.25, 0.3) is 0 Å². The van der Waals surface area contributed by atoms with E-state index in [2.05, 4.69) is 79.8 Å². The lowest BCUT2D eigenvalue weighted by atomic mass is 9.84. The lowest BCUT2D eigenvalue weighted by Gasteiger charge is -2.46. The Balaban J connectivity index is 3.06. The third-order valence-corrected chi connectivity index (χ3v) is 15.8. The zero-order chi connectivity index (χ0) is 20.6. The van der Waals surface area contributed by atoms with Crippen LogP contribution in [-0.2, 0) is 13.7 Å². The highest BCUT2D eigenvalue weighted by Crippen LogP contribution is 2.42. The van der Waals surface area contributed by atoms with Crippen LogP contribution < -0.4 is 0 Å². The lowest BCUT2D eigenvalue weighted by molar-refractivity contribution is 0.0606. The normalized spacial score (nSPS) is 27.7. The van der Waals surface area contributed by atoms with E-state index < -0.39 is 16.6 Å². The van der Waals surface area contributed by atoms with Crippen LogP contribution in [0.15, 0.2) is 5.16 Å². The van der Waals surface area contributed by atoms with E-state index in [9.17, 15) is 0 Å². The van der Waals surface area contributed by atoms with E-state index in [4.69, 9.17) is 13.7 Å². The number of oxime groups is 1. The second-order valence-corrected chi connectivity index (χ2v) is 20.4. The summed E-state index contributed by atoms with van der Waals surface area (Å²) in [5.74, 6) is 0.267. The molecular formula is C20H43NO3Si2. The van der Waals surface area contributed by atoms with Gasteiger partial charge >= 0.3 is 0 Å². The molecule has 1 rings (SSSR count). The molecule has 0 spiro atoms. The van der Waals surface area contributed by atoms with Crippen molar-refractivity contribution >= 4 is 22.3 Å². The Morgan fingerprint density at radius 2 is 1.35 bits per heavy atom. The molecule has 1 aliphatic carbocycles. The molecule has 1 fully saturated rings. The average molecular weight is 402 g/mol. The van der Waals surface area contributed by atoms with Gasteiger partial charge in [0.05, 0.1) is 17.9 Å². The minimum absolute atomic E-state index is 0.147. The minimum atomic E-state index is -1.85. The second-order valence-electron chi connectivity index (χ2n) is 10.9. The third-order valence-electron chi connectivity index (χ3n) is 6.74. The predicted molar refractivity (Wildman–Crippen MR) is 117 cm³/mol. The Labute approximate surface area is 164 Å². The third kappa shape index (κ3) is 5.66. The molecule has 26 heavy (non-hydrogen) atoms. The van der Waals surface area contributed by atoms with Crippen LogP contribution in [0.1, 0.15) is 61.3 Å². The van der Waals surface area contributed by atoms with Crippen LogP contribution in [0, 0.1) is 5.92 Å². The van der Waals surface area contributed by atoms with Crippen LogP contribution in [0.25, 0.3) is 0 Å². The summed E-state index contributed by atoms with van der Waals surface area (Å²) < 4.78 is 13.5. The van der Waals surface area contributed by atoms with Crippen molar-refractivity contribution in [2.45, 2.75) is 110 Å². The van der Waals surface area contributed by atoms with Gasteiger partial charge in [0.2, 0.25) is 0 Å². The molecule has 0 heterocycles. The van der Waals surface area contributed by atoms with E-state index in [-0.39, 0.29) is 28.2 Å². The van der Waals surface area contributed by atoms with Crippen LogP contribution in [0.3, 0.4) is 0 Å². The van der Waals surface area contributed by atoms with E-state index in [0.29, 0.717) is 0 Å². The van der Waals surface area contributed by atoms with Gasteiger partial charge in [-0.3, -0.25) is 0 Å². The lowest BCUT2D eigenvalue weighted by Crippen LogP contribution is -2.52. The Kier molecular flexibility index (Phi) is 7.39. The molecule has 0 aromatic heterocycles. The fourth-order valence-corrected chi connectivity index (χ4v) is 5.58. The number of nitrogens with zero attached hydrogens (tertiary/aromatic N) is 1. The van der Waals surface area contributed by atoms with Crippen molar-refractivity contribution in [1.29, 1.82) is 0 Å². The summed E-state index contributed by atoms with van der Waals surface area (Å²) in [6.45, 7) is 25.3. The van der Waals surface area contributed by atoms with Crippen molar-refractivity contribution in [3.8, 4) is 0 Å². The Morgan fingerprint density at radius 3 is 1.77 bits per heavy atom. The monoisotopic (exact) mass is 401 g/mol. The second kappa shape index (κ2) is 8.05. The van der Waals surface area contributed by atoms with Crippen molar-refractivity contribution in [2.75, 3.05) is 7.11 Å². The van der Waals surface area contributed by atoms with E-state index in [1.165, 1.54) is 0 Å². The highest BCUT2D eigenvalue weighted by molar-refractivity contribution is 6.74. The molecule has 0 saturated heterocycles. The molecule has 6 heteroatoms. The Bertz CT molecular complexity index is 504. The zero-order valence-corrected chi connectivity index (χ0v) is 21.3. The number of rotatable bonds is 5. The van der Waals surface area contributed by atoms with Gasteiger partial charge in [0.1, 0.15) is 7.11 Å². The van der Waals surface area contributed by atoms with Gasteiger partial charge in [0.15, 0.2) is 16.6 Å². The standard InChI is InChI=1S/C20H43NO3Si2/c1-15-17(21-22-8)13-16(23-25(9,10)19(2,3)4)14-18(15)24-26(11,12)20(5,6)7/h15-16,18H,13-14H2,1-12H3/b21-17-/t15?,16-,18+/m1/s1. The molecule has 0 bridgehead atoms. The summed E-state index contributed by atoms with van der Waals surface area (Å²) in [5.41, 5.74) is 1.08. The summed E-state index contributed by atoms with van der Waals surface area (Å²) in [4.78, 5) is 5.14. The van der Waals surface area contributed by atoms with Gasteiger partial charge in [-0.1, -0.05) is 53.6 Å². The smallest absolute Gasteiger partial charge is 0.192 e. The van der Waals surface area contributed by atoms with E-state index in [0.717, 1.165) is 18.6 Å². The van der Waals surface area contributed by atoms with Gasteiger partial charge in [0, 0.05) is 12.3 Å². The summed E-state index contributed by atoms with van der Waals surface area (Å²) in [6.07, 6.45) is 2.10. The molecule has 154 valence electrons. The maximum absolute atomic E-state index is 6.80. The van der Waals surface area contributed by atoms with Crippen LogP contribution in [0.5, 0.6) is 0 Å². The first-order valence-corrected chi connectivity index (χ1v) is 15.8. The molecule has 0 aromatic carbocycles. The molecule has 1 aliphatic rings. The molecule has 3 atom stereocenters. The molecule has 0 radical (unpaired) electrons. The van der Waals surface area contributed by atoms with Crippen LogP contribution >= 0.6 is 0 Å². The minimum Gasteiger partial charge on any atom is -0.413 e. The fourth-order valence-electron chi connectivity index (χ4n) is 2.81. The number of hydrogen-bond donors (Lipinski definition) is 0. The molecule has 0 aromatic rings. The highest BCUT2D eigenvalue weighted by atomic mass is 28.4. The first-order valence-electron chi connectivity index (χ1n) is 9.97. The van der Waals surface area contributed by atoms with Gasteiger partial charge in [-0.25, -0.2) is 0 Å². The van der Waals surface area contributed by atoms with Gasteiger partial charge in [-0.2, -0.15) is 0 Å². The van der Waals surface area contributed by atoms with E-state index >= 15 is 0 Å². The van der Waals surface area contributed by atoms with E-state index in [1.807, 2.05) is 0 Å². The molecule has 4 nitrogen and oxygen atoms in total. The maximum Gasteiger partial charge on any atom is 0.192 e. The predicted octanol–water partition coefficient (Wildman–Crippen LogP) is 6.20. The topological polar surface area (TPSA) is 40.0 Å². The Hall–Kier alpha value is -0.176. The van der Waals surface area contributed by atoms with Gasteiger partial charge < -0.3 is 13.7 Å². The molecule has 1 unspecified atom stereocenters. The summed E-state index contributed by atoms with van der Waals surface area (Å²) in [7, 11) is -2.06. The first-order chi connectivity index (χ1) is 11.5. The molecular weight excluding hydrogens is 358 g/mol. The van der Waals surface area contributed by atoms with Crippen molar-refractivity contribution in [1.82, 2.24) is 0 Å². The zero-order valence-electron chi connectivity index (χ0n) is 19.3. The molecule has 0 N–H and O–H groups in total. The van der Waals surface area contributed by atoms with Crippen molar-refractivity contribution in [2.24, 2.45) is 11.1 Å². The van der Waals surface area contributed by atoms with Crippen molar-refractivity contribution in [3.05, 3.63) is 0 Å².